The second-order valence-corrected chi connectivity index (χ2v) is 5.12. The third kappa shape index (κ3) is 4.15. The minimum atomic E-state index is -0.444. The van der Waals surface area contributed by atoms with Crippen LogP contribution in [-0.2, 0) is 11.3 Å². The van der Waals surface area contributed by atoms with Gasteiger partial charge in [0.25, 0.3) is 5.91 Å². The molecular weight excluding hydrogens is 280 g/mol. The van der Waals surface area contributed by atoms with Gasteiger partial charge >= 0.3 is 5.97 Å². The van der Waals surface area contributed by atoms with Gasteiger partial charge in [0, 0.05) is 30.8 Å². The molecule has 22 heavy (non-hydrogen) atoms. The van der Waals surface area contributed by atoms with Crippen molar-refractivity contribution in [3.8, 4) is 5.88 Å². The van der Waals surface area contributed by atoms with E-state index in [0.717, 1.165) is 11.1 Å². The molecule has 5 heteroatoms. The lowest BCUT2D eigenvalue weighted by molar-refractivity contribution is -0.132. The van der Waals surface area contributed by atoms with Crippen molar-refractivity contribution < 1.29 is 14.3 Å². The minimum Gasteiger partial charge on any atom is -0.407 e. The average molecular weight is 298 g/mol. The van der Waals surface area contributed by atoms with Gasteiger partial charge in [0.05, 0.1) is 0 Å². The number of esters is 1. The SMILES string of the molecule is CC(=O)Oc1ncccc1CNC(=O)c1cc(C)cc(C)c1. The molecule has 0 saturated heterocycles. The van der Waals surface area contributed by atoms with Crippen LogP contribution >= 0.6 is 0 Å². The maximum atomic E-state index is 12.2. The van der Waals surface area contributed by atoms with Crippen molar-refractivity contribution in [1.29, 1.82) is 0 Å². The maximum Gasteiger partial charge on any atom is 0.309 e. The van der Waals surface area contributed by atoms with Crippen molar-refractivity contribution in [3.05, 3.63) is 58.8 Å². The first-order valence-electron chi connectivity index (χ1n) is 6.94. The van der Waals surface area contributed by atoms with Crippen LogP contribution in [-0.4, -0.2) is 16.9 Å². The van der Waals surface area contributed by atoms with Gasteiger partial charge in [-0.25, -0.2) is 4.98 Å². The highest BCUT2D eigenvalue weighted by atomic mass is 16.5. The van der Waals surface area contributed by atoms with Crippen LogP contribution < -0.4 is 10.1 Å². The van der Waals surface area contributed by atoms with Crippen LogP contribution in [0.1, 0.15) is 34.0 Å². The van der Waals surface area contributed by atoms with E-state index in [2.05, 4.69) is 10.3 Å². The van der Waals surface area contributed by atoms with Crippen LogP contribution in [0.4, 0.5) is 0 Å². The highest BCUT2D eigenvalue weighted by molar-refractivity contribution is 5.94. The molecule has 2 aromatic rings. The molecule has 1 aromatic heterocycles. The number of ether oxygens (including phenoxy) is 1. The van der Waals surface area contributed by atoms with Crippen molar-refractivity contribution in [2.24, 2.45) is 0 Å². The molecule has 0 aliphatic heterocycles. The van der Waals surface area contributed by atoms with Crippen molar-refractivity contribution >= 4 is 11.9 Å². The number of rotatable bonds is 4. The number of nitrogens with zero attached hydrogens (tertiary/aromatic N) is 1. The van der Waals surface area contributed by atoms with Gasteiger partial charge in [0.2, 0.25) is 5.88 Å². The van der Waals surface area contributed by atoms with Gasteiger partial charge in [-0.3, -0.25) is 9.59 Å². The summed E-state index contributed by atoms with van der Waals surface area (Å²) in [5.41, 5.74) is 3.32. The van der Waals surface area contributed by atoms with Crippen LogP contribution in [0.2, 0.25) is 0 Å². The standard InChI is InChI=1S/C17H18N2O3/c1-11-7-12(2)9-15(8-11)16(21)19-10-14-5-4-6-18-17(14)22-13(3)20/h4-9H,10H2,1-3H3,(H,19,21). The molecule has 0 unspecified atom stereocenters. The van der Waals surface area contributed by atoms with E-state index in [-0.39, 0.29) is 18.3 Å². The molecule has 1 heterocycles. The van der Waals surface area contributed by atoms with Gasteiger partial charge in [-0.1, -0.05) is 23.3 Å². The van der Waals surface area contributed by atoms with E-state index in [1.807, 2.05) is 32.0 Å². The average Bonchev–Trinajstić information content (AvgIpc) is 2.44. The number of hydrogen-bond donors (Lipinski definition) is 1. The number of carbonyl (C=O) groups is 2. The fourth-order valence-corrected chi connectivity index (χ4v) is 2.17. The Bertz CT molecular complexity index is 691. The zero-order chi connectivity index (χ0) is 16.1. The molecule has 0 fully saturated rings. The summed E-state index contributed by atoms with van der Waals surface area (Å²) in [4.78, 5) is 27.3. The number of pyridine rings is 1. The van der Waals surface area contributed by atoms with Crippen LogP contribution in [0, 0.1) is 13.8 Å². The minimum absolute atomic E-state index is 0.176. The summed E-state index contributed by atoms with van der Waals surface area (Å²) in [5, 5.41) is 2.81. The van der Waals surface area contributed by atoms with E-state index in [4.69, 9.17) is 4.74 Å². The van der Waals surface area contributed by atoms with E-state index < -0.39 is 5.97 Å². The highest BCUT2D eigenvalue weighted by Gasteiger charge is 2.10. The predicted octanol–water partition coefficient (Wildman–Crippen LogP) is 2.55. The number of aromatic nitrogens is 1. The normalized spacial score (nSPS) is 10.1. The molecule has 0 spiro atoms. The third-order valence-electron chi connectivity index (χ3n) is 3.01. The smallest absolute Gasteiger partial charge is 0.309 e. The number of carbonyl (C=O) groups excluding carboxylic acids is 2. The Hall–Kier alpha value is -2.69. The zero-order valence-electron chi connectivity index (χ0n) is 12.8. The number of aryl methyl sites for hydroxylation is 2. The van der Waals surface area contributed by atoms with Crippen molar-refractivity contribution in [2.75, 3.05) is 0 Å². The van der Waals surface area contributed by atoms with Gasteiger partial charge in [-0.2, -0.15) is 0 Å². The molecule has 0 atom stereocenters. The zero-order valence-corrected chi connectivity index (χ0v) is 12.8. The Morgan fingerprint density at radius 1 is 1.18 bits per heavy atom. The van der Waals surface area contributed by atoms with Gasteiger partial charge in [-0.05, 0) is 32.0 Å². The van der Waals surface area contributed by atoms with Gasteiger partial charge in [-0.15, -0.1) is 0 Å². The summed E-state index contributed by atoms with van der Waals surface area (Å²) in [6, 6.07) is 9.16. The molecule has 2 rings (SSSR count). The Labute approximate surface area is 129 Å². The number of benzene rings is 1. The fraction of sp³-hybridized carbons (Fsp3) is 0.235. The topological polar surface area (TPSA) is 68.3 Å². The number of hydrogen-bond acceptors (Lipinski definition) is 4. The quantitative estimate of drug-likeness (QED) is 0.881. The van der Waals surface area contributed by atoms with E-state index in [9.17, 15) is 9.59 Å². The Morgan fingerprint density at radius 2 is 1.86 bits per heavy atom. The Balaban J connectivity index is 2.09. The first-order chi connectivity index (χ1) is 10.5. The summed E-state index contributed by atoms with van der Waals surface area (Å²) < 4.78 is 5.02. The maximum absolute atomic E-state index is 12.2. The number of nitrogens with one attached hydrogen (secondary N) is 1. The summed E-state index contributed by atoms with van der Waals surface area (Å²) in [5.74, 6) is -0.402. The molecule has 0 saturated carbocycles. The van der Waals surface area contributed by atoms with Crippen LogP contribution in [0.25, 0.3) is 0 Å². The molecule has 0 aliphatic rings. The van der Waals surface area contributed by atoms with Crippen LogP contribution in [0.5, 0.6) is 5.88 Å². The monoisotopic (exact) mass is 298 g/mol. The highest BCUT2D eigenvalue weighted by Crippen LogP contribution is 2.15. The first-order valence-corrected chi connectivity index (χ1v) is 6.94. The Kier molecular flexibility index (Phi) is 4.88. The third-order valence-corrected chi connectivity index (χ3v) is 3.01. The summed E-state index contributed by atoms with van der Waals surface area (Å²) in [7, 11) is 0. The molecule has 0 radical (unpaired) electrons. The van der Waals surface area contributed by atoms with Gasteiger partial charge in [0.1, 0.15) is 0 Å². The molecule has 0 aliphatic carbocycles. The predicted molar refractivity (Wildman–Crippen MR) is 82.6 cm³/mol. The summed E-state index contributed by atoms with van der Waals surface area (Å²) >= 11 is 0. The summed E-state index contributed by atoms with van der Waals surface area (Å²) in [6.07, 6.45) is 1.54. The molecular formula is C17H18N2O3. The second-order valence-electron chi connectivity index (χ2n) is 5.12. The second kappa shape index (κ2) is 6.85. The Morgan fingerprint density at radius 3 is 2.50 bits per heavy atom. The number of amides is 1. The van der Waals surface area contributed by atoms with Crippen molar-refractivity contribution in [3.63, 3.8) is 0 Å². The molecule has 114 valence electrons. The van der Waals surface area contributed by atoms with Crippen molar-refractivity contribution in [2.45, 2.75) is 27.3 Å². The molecule has 1 N–H and O–H groups in total. The van der Waals surface area contributed by atoms with Crippen LogP contribution in [0.3, 0.4) is 0 Å². The van der Waals surface area contributed by atoms with E-state index in [0.29, 0.717) is 11.1 Å². The van der Waals surface area contributed by atoms with E-state index in [1.165, 1.54) is 13.1 Å². The van der Waals surface area contributed by atoms with E-state index in [1.54, 1.807) is 12.1 Å². The van der Waals surface area contributed by atoms with E-state index >= 15 is 0 Å². The van der Waals surface area contributed by atoms with Gasteiger partial charge < -0.3 is 10.1 Å². The van der Waals surface area contributed by atoms with Crippen LogP contribution in [0.15, 0.2) is 36.5 Å². The molecule has 1 amide bonds. The summed E-state index contributed by atoms with van der Waals surface area (Å²) in [6.45, 7) is 5.45. The molecule has 5 nitrogen and oxygen atoms in total. The fourth-order valence-electron chi connectivity index (χ4n) is 2.17. The first kappa shape index (κ1) is 15.7. The molecule has 0 bridgehead atoms. The largest absolute Gasteiger partial charge is 0.407 e. The lowest BCUT2D eigenvalue weighted by Crippen LogP contribution is -2.23. The lowest BCUT2D eigenvalue weighted by atomic mass is 10.1. The molecule has 1 aromatic carbocycles. The van der Waals surface area contributed by atoms with Crippen molar-refractivity contribution in [1.82, 2.24) is 10.3 Å². The van der Waals surface area contributed by atoms with Gasteiger partial charge in [0.15, 0.2) is 0 Å². The lowest BCUT2D eigenvalue weighted by Gasteiger charge is -2.10.